The molecule has 19 heavy (non-hydrogen) atoms. The molecule has 0 aromatic rings. The Kier molecular flexibility index (Phi) is 4.39. The number of nitrogens with zero attached hydrogens (tertiary/aromatic N) is 1. The van der Waals surface area contributed by atoms with E-state index in [0.717, 1.165) is 32.2 Å². The van der Waals surface area contributed by atoms with Crippen molar-refractivity contribution in [3.63, 3.8) is 0 Å². The van der Waals surface area contributed by atoms with Crippen LogP contribution in [0.1, 0.15) is 59.3 Å². The van der Waals surface area contributed by atoms with Crippen molar-refractivity contribution in [3.05, 3.63) is 0 Å². The number of hydrogen-bond donors (Lipinski definition) is 1. The van der Waals surface area contributed by atoms with Crippen LogP contribution in [0.4, 0.5) is 4.79 Å². The van der Waals surface area contributed by atoms with Gasteiger partial charge in [0.25, 0.3) is 0 Å². The van der Waals surface area contributed by atoms with Crippen molar-refractivity contribution in [3.8, 4) is 0 Å². The summed E-state index contributed by atoms with van der Waals surface area (Å²) >= 11 is 0. The molecule has 4 heteroatoms. The third-order valence-corrected chi connectivity index (χ3v) is 4.23. The summed E-state index contributed by atoms with van der Waals surface area (Å²) in [6.45, 7) is 6.61. The summed E-state index contributed by atoms with van der Waals surface area (Å²) < 4.78 is 5.53. The summed E-state index contributed by atoms with van der Waals surface area (Å²) in [4.78, 5) is 14.2. The molecule has 0 unspecified atom stereocenters. The molecule has 2 N–H and O–H groups in total. The second-order valence-corrected chi connectivity index (χ2v) is 7.07. The van der Waals surface area contributed by atoms with Gasteiger partial charge in [-0.15, -0.1) is 0 Å². The fraction of sp³-hybridized carbons (Fsp3) is 0.933. The van der Waals surface area contributed by atoms with Crippen LogP contribution in [0, 0.1) is 5.92 Å². The molecule has 1 saturated heterocycles. The molecule has 4 nitrogen and oxygen atoms in total. The molecular formula is C15H28N2O2. The van der Waals surface area contributed by atoms with Gasteiger partial charge in [0.2, 0.25) is 0 Å². The van der Waals surface area contributed by atoms with Crippen LogP contribution < -0.4 is 5.73 Å². The van der Waals surface area contributed by atoms with Gasteiger partial charge in [-0.25, -0.2) is 4.79 Å². The molecule has 110 valence electrons. The zero-order chi connectivity index (χ0) is 14.0. The lowest BCUT2D eigenvalue weighted by Crippen LogP contribution is -2.45. The Labute approximate surface area is 116 Å². The van der Waals surface area contributed by atoms with Gasteiger partial charge in [0.05, 0.1) is 0 Å². The van der Waals surface area contributed by atoms with E-state index in [2.05, 4.69) is 0 Å². The van der Waals surface area contributed by atoms with E-state index in [-0.39, 0.29) is 6.09 Å². The van der Waals surface area contributed by atoms with Crippen molar-refractivity contribution in [2.24, 2.45) is 11.7 Å². The molecule has 2 aliphatic rings. The van der Waals surface area contributed by atoms with E-state index in [0.29, 0.717) is 18.0 Å². The topological polar surface area (TPSA) is 55.6 Å². The molecule has 0 radical (unpaired) electrons. The lowest BCUT2D eigenvalue weighted by Gasteiger charge is -2.36. The maximum atomic E-state index is 12.3. The number of ether oxygens (including phenoxy) is 1. The van der Waals surface area contributed by atoms with E-state index in [1.807, 2.05) is 25.7 Å². The molecule has 1 aliphatic carbocycles. The Morgan fingerprint density at radius 2 is 1.95 bits per heavy atom. The highest BCUT2D eigenvalue weighted by Crippen LogP contribution is 2.34. The zero-order valence-corrected chi connectivity index (χ0v) is 12.5. The summed E-state index contributed by atoms with van der Waals surface area (Å²) in [6.07, 6.45) is 6.66. The summed E-state index contributed by atoms with van der Waals surface area (Å²) in [5, 5.41) is 0. The third kappa shape index (κ3) is 3.85. The van der Waals surface area contributed by atoms with Crippen LogP contribution in [0.25, 0.3) is 0 Å². The minimum Gasteiger partial charge on any atom is -0.444 e. The molecule has 0 aromatic heterocycles. The number of likely N-dealkylation sites (tertiary alicyclic amines) is 1. The van der Waals surface area contributed by atoms with Crippen molar-refractivity contribution in [2.75, 3.05) is 6.54 Å². The first-order chi connectivity index (χ1) is 8.87. The predicted molar refractivity (Wildman–Crippen MR) is 75.9 cm³/mol. The molecule has 1 heterocycles. The minimum atomic E-state index is -0.410. The van der Waals surface area contributed by atoms with Gasteiger partial charge in [-0.1, -0.05) is 6.42 Å². The van der Waals surface area contributed by atoms with Gasteiger partial charge in [-0.3, -0.25) is 0 Å². The highest BCUT2D eigenvalue weighted by atomic mass is 16.6. The number of amides is 1. The summed E-state index contributed by atoms with van der Waals surface area (Å²) in [7, 11) is 0. The van der Waals surface area contributed by atoms with Gasteiger partial charge in [-0.05, 0) is 58.8 Å². The van der Waals surface area contributed by atoms with Crippen LogP contribution in [0.5, 0.6) is 0 Å². The first kappa shape index (κ1) is 14.6. The van der Waals surface area contributed by atoms with Crippen molar-refractivity contribution >= 4 is 6.09 Å². The Morgan fingerprint density at radius 3 is 2.58 bits per heavy atom. The predicted octanol–water partition coefficient (Wildman–Crippen LogP) is 2.90. The van der Waals surface area contributed by atoms with Crippen molar-refractivity contribution < 1.29 is 9.53 Å². The van der Waals surface area contributed by atoms with Gasteiger partial charge in [0, 0.05) is 18.6 Å². The Hall–Kier alpha value is -0.770. The van der Waals surface area contributed by atoms with Crippen LogP contribution >= 0.6 is 0 Å². The highest BCUT2D eigenvalue weighted by Gasteiger charge is 2.38. The van der Waals surface area contributed by atoms with E-state index in [1.54, 1.807) is 0 Å². The normalized spacial score (nSPS) is 32.4. The molecule has 2 rings (SSSR count). The number of hydrogen-bond acceptors (Lipinski definition) is 3. The fourth-order valence-electron chi connectivity index (χ4n) is 3.45. The van der Waals surface area contributed by atoms with Crippen molar-refractivity contribution in [2.45, 2.75) is 77.0 Å². The average Bonchev–Trinajstić information content (AvgIpc) is 2.75. The van der Waals surface area contributed by atoms with E-state index < -0.39 is 5.60 Å². The third-order valence-electron chi connectivity index (χ3n) is 4.23. The van der Waals surface area contributed by atoms with Gasteiger partial charge >= 0.3 is 6.09 Å². The smallest absolute Gasteiger partial charge is 0.410 e. The summed E-state index contributed by atoms with van der Waals surface area (Å²) in [5.74, 6) is 0.568. The molecule has 1 saturated carbocycles. The molecule has 1 aliphatic heterocycles. The SMILES string of the molecule is CC(C)(C)OC(=O)N1CCC[C@@H]1[C@@H]1CCC[C@@H](N)C1. The van der Waals surface area contributed by atoms with Gasteiger partial charge < -0.3 is 15.4 Å². The second-order valence-electron chi connectivity index (χ2n) is 7.07. The molecule has 1 amide bonds. The fourth-order valence-corrected chi connectivity index (χ4v) is 3.45. The number of carbonyl (C=O) groups is 1. The van der Waals surface area contributed by atoms with Crippen molar-refractivity contribution in [1.29, 1.82) is 0 Å². The van der Waals surface area contributed by atoms with Crippen LogP contribution in [0.3, 0.4) is 0 Å². The molecule has 0 spiro atoms. The Bertz CT molecular complexity index is 325. The van der Waals surface area contributed by atoms with Crippen LogP contribution in [-0.4, -0.2) is 35.2 Å². The maximum absolute atomic E-state index is 12.3. The highest BCUT2D eigenvalue weighted by molar-refractivity contribution is 5.69. The monoisotopic (exact) mass is 268 g/mol. The number of rotatable bonds is 1. The quantitative estimate of drug-likeness (QED) is 0.795. The average molecular weight is 268 g/mol. The van der Waals surface area contributed by atoms with Crippen LogP contribution in [0.2, 0.25) is 0 Å². The van der Waals surface area contributed by atoms with Crippen LogP contribution in [-0.2, 0) is 4.74 Å². The zero-order valence-electron chi connectivity index (χ0n) is 12.5. The second kappa shape index (κ2) is 5.70. The van der Waals surface area contributed by atoms with E-state index in [9.17, 15) is 4.79 Å². The van der Waals surface area contributed by atoms with Crippen molar-refractivity contribution in [1.82, 2.24) is 4.90 Å². The first-order valence-corrected chi connectivity index (χ1v) is 7.62. The lowest BCUT2D eigenvalue weighted by atomic mass is 9.80. The first-order valence-electron chi connectivity index (χ1n) is 7.62. The van der Waals surface area contributed by atoms with Gasteiger partial charge in [0.15, 0.2) is 0 Å². The maximum Gasteiger partial charge on any atom is 0.410 e. The molecule has 0 aromatic carbocycles. The lowest BCUT2D eigenvalue weighted by molar-refractivity contribution is 0.0152. The molecule has 0 bridgehead atoms. The van der Waals surface area contributed by atoms with E-state index in [4.69, 9.17) is 10.5 Å². The van der Waals surface area contributed by atoms with Gasteiger partial charge in [-0.2, -0.15) is 0 Å². The number of nitrogens with two attached hydrogens (primary N) is 1. The largest absolute Gasteiger partial charge is 0.444 e. The Morgan fingerprint density at radius 1 is 1.21 bits per heavy atom. The Balaban J connectivity index is 1.98. The molecule has 3 atom stereocenters. The van der Waals surface area contributed by atoms with E-state index >= 15 is 0 Å². The number of carbonyl (C=O) groups excluding carboxylic acids is 1. The van der Waals surface area contributed by atoms with Gasteiger partial charge in [0.1, 0.15) is 5.60 Å². The standard InChI is InChI=1S/C15H28N2O2/c1-15(2,3)19-14(18)17-9-5-8-13(17)11-6-4-7-12(16)10-11/h11-13H,4-10,16H2,1-3H3/t11-,12-,13-/m1/s1. The van der Waals surface area contributed by atoms with Crippen LogP contribution in [0.15, 0.2) is 0 Å². The molecule has 2 fully saturated rings. The summed E-state index contributed by atoms with van der Waals surface area (Å²) in [6, 6.07) is 0.668. The summed E-state index contributed by atoms with van der Waals surface area (Å²) in [5.41, 5.74) is 5.67. The minimum absolute atomic E-state index is 0.144. The molecular weight excluding hydrogens is 240 g/mol. The van der Waals surface area contributed by atoms with E-state index in [1.165, 1.54) is 12.8 Å².